The molecule has 1 aromatic rings. The number of carbonyl (C=O) groups excluding carboxylic acids is 1. The van der Waals surface area contributed by atoms with E-state index in [4.69, 9.17) is 0 Å². The highest BCUT2D eigenvalue weighted by Gasteiger charge is 2.44. The van der Waals surface area contributed by atoms with Crippen LogP contribution in [0.3, 0.4) is 0 Å². The second-order valence-corrected chi connectivity index (χ2v) is 4.24. The van der Waals surface area contributed by atoms with Gasteiger partial charge in [0.15, 0.2) is 0 Å². The molecule has 110 valence electrons. The van der Waals surface area contributed by atoms with E-state index in [2.05, 4.69) is 6.58 Å². The zero-order chi connectivity index (χ0) is 15.3. The molecule has 2 nitrogen and oxygen atoms in total. The molecule has 6 heteroatoms. The van der Waals surface area contributed by atoms with Crippen LogP contribution < -0.4 is 4.90 Å². The summed E-state index contributed by atoms with van der Waals surface area (Å²) in [5.74, 6) is -2.57. The minimum Gasteiger partial charge on any atom is -0.298 e. The Hall–Kier alpha value is -1.85. The second kappa shape index (κ2) is 6.54. The van der Waals surface area contributed by atoms with Crippen LogP contribution in [0.4, 0.5) is 23.2 Å². The van der Waals surface area contributed by atoms with E-state index in [9.17, 15) is 22.4 Å². The van der Waals surface area contributed by atoms with Crippen molar-refractivity contribution in [1.29, 1.82) is 0 Å². The number of nitrogens with zero attached hydrogens (tertiary/aromatic N) is 1. The van der Waals surface area contributed by atoms with Crippen molar-refractivity contribution >= 4 is 11.6 Å². The van der Waals surface area contributed by atoms with Crippen molar-refractivity contribution in [3.05, 3.63) is 42.7 Å². The predicted molar refractivity (Wildman–Crippen MR) is 68.8 cm³/mol. The van der Waals surface area contributed by atoms with Crippen LogP contribution in [0.25, 0.3) is 0 Å². The minimum absolute atomic E-state index is 0.00734. The van der Waals surface area contributed by atoms with Gasteiger partial charge in [-0.1, -0.05) is 19.4 Å². The zero-order valence-electron chi connectivity index (χ0n) is 11.0. The fourth-order valence-electron chi connectivity index (χ4n) is 1.85. The first-order chi connectivity index (χ1) is 9.31. The highest BCUT2D eigenvalue weighted by Crippen LogP contribution is 2.27. The molecule has 0 aromatic heterocycles. The molecule has 0 N–H and O–H groups in total. The van der Waals surface area contributed by atoms with Gasteiger partial charge in [0.05, 0.1) is 6.04 Å². The Balaban J connectivity index is 3.22. The summed E-state index contributed by atoms with van der Waals surface area (Å²) in [6.45, 7) is 5.26. The molecule has 0 fully saturated rings. The normalized spacial score (nSPS) is 12.8. The van der Waals surface area contributed by atoms with E-state index >= 15 is 0 Å². The molecule has 0 aliphatic carbocycles. The van der Waals surface area contributed by atoms with Gasteiger partial charge in [0.2, 0.25) is 0 Å². The number of rotatable bonds is 5. The van der Waals surface area contributed by atoms with E-state index in [-0.39, 0.29) is 5.69 Å². The van der Waals surface area contributed by atoms with E-state index in [1.165, 1.54) is 6.08 Å². The average Bonchev–Trinajstić information content (AvgIpc) is 2.38. The summed E-state index contributed by atoms with van der Waals surface area (Å²) in [6.07, 6.45) is -2.79. The maximum Gasteiger partial charge on any atom is 0.471 e. The fraction of sp³-hybridized carbons (Fsp3) is 0.357. The van der Waals surface area contributed by atoms with Gasteiger partial charge in [-0.25, -0.2) is 4.39 Å². The van der Waals surface area contributed by atoms with Gasteiger partial charge in [0.25, 0.3) is 0 Å². The summed E-state index contributed by atoms with van der Waals surface area (Å²) in [5, 5.41) is 0. The van der Waals surface area contributed by atoms with Gasteiger partial charge >= 0.3 is 12.1 Å². The van der Waals surface area contributed by atoms with E-state index < -0.39 is 23.9 Å². The van der Waals surface area contributed by atoms with Crippen LogP contribution in [0, 0.1) is 5.82 Å². The van der Waals surface area contributed by atoms with Crippen LogP contribution in [-0.2, 0) is 4.79 Å². The molecule has 0 saturated heterocycles. The standard InChI is InChI=1S/C14H15F4NO/c1-3-5-11(4-2)19(13(20)14(16,17)18)12-8-6-10(15)7-9-12/h4,6-9,11H,2-3,5H2,1H3/t11-/m0/s1. The zero-order valence-corrected chi connectivity index (χ0v) is 11.0. The number of hydrogen-bond donors (Lipinski definition) is 0. The van der Waals surface area contributed by atoms with Crippen molar-refractivity contribution in [3.63, 3.8) is 0 Å². The lowest BCUT2D eigenvalue weighted by Gasteiger charge is -2.30. The lowest BCUT2D eigenvalue weighted by Crippen LogP contribution is -2.46. The third-order valence-electron chi connectivity index (χ3n) is 2.75. The summed E-state index contributed by atoms with van der Waals surface area (Å²) in [4.78, 5) is 12.2. The molecule has 1 rings (SSSR count). The number of anilines is 1. The summed E-state index contributed by atoms with van der Waals surface area (Å²) in [5.41, 5.74) is -0.00734. The highest BCUT2D eigenvalue weighted by molar-refractivity contribution is 5.98. The summed E-state index contributed by atoms with van der Waals surface area (Å²) in [6, 6.07) is 3.52. The minimum atomic E-state index is -5.00. The predicted octanol–water partition coefficient (Wildman–Crippen LogP) is 4.08. The number of benzene rings is 1. The maximum atomic E-state index is 12.9. The fourth-order valence-corrected chi connectivity index (χ4v) is 1.85. The van der Waals surface area contributed by atoms with Crippen molar-refractivity contribution in [2.75, 3.05) is 4.90 Å². The van der Waals surface area contributed by atoms with Crippen molar-refractivity contribution < 1.29 is 22.4 Å². The van der Waals surface area contributed by atoms with E-state index in [1.54, 1.807) is 6.92 Å². The van der Waals surface area contributed by atoms with Gasteiger partial charge in [-0.15, -0.1) is 6.58 Å². The van der Waals surface area contributed by atoms with Crippen LogP contribution in [0.1, 0.15) is 19.8 Å². The van der Waals surface area contributed by atoms with Crippen molar-refractivity contribution in [1.82, 2.24) is 0 Å². The van der Waals surface area contributed by atoms with Crippen molar-refractivity contribution in [2.24, 2.45) is 0 Å². The number of halogens is 4. The number of alkyl halides is 3. The van der Waals surface area contributed by atoms with Gasteiger partial charge in [-0.3, -0.25) is 9.69 Å². The highest BCUT2D eigenvalue weighted by atomic mass is 19.4. The molecular formula is C14H15F4NO. The van der Waals surface area contributed by atoms with Crippen molar-refractivity contribution in [3.8, 4) is 0 Å². The Labute approximate surface area is 114 Å². The molecule has 0 heterocycles. The SMILES string of the molecule is C=C[C@@H](CCC)N(C(=O)C(F)(F)F)c1ccc(F)cc1. The van der Waals surface area contributed by atoms with Gasteiger partial charge in [0, 0.05) is 5.69 Å². The monoisotopic (exact) mass is 289 g/mol. The molecule has 1 atom stereocenters. The Kier molecular flexibility index (Phi) is 5.30. The third-order valence-corrected chi connectivity index (χ3v) is 2.75. The quantitative estimate of drug-likeness (QED) is 0.591. The topological polar surface area (TPSA) is 20.3 Å². The van der Waals surface area contributed by atoms with Gasteiger partial charge in [-0.05, 0) is 30.7 Å². The molecular weight excluding hydrogens is 274 g/mol. The molecule has 0 bridgehead atoms. The summed E-state index contributed by atoms with van der Waals surface area (Å²) < 4.78 is 51.0. The molecule has 0 aliphatic rings. The second-order valence-electron chi connectivity index (χ2n) is 4.24. The van der Waals surface area contributed by atoms with Crippen LogP contribution in [-0.4, -0.2) is 18.1 Å². The maximum absolute atomic E-state index is 12.9. The van der Waals surface area contributed by atoms with E-state index in [1.807, 2.05) is 0 Å². The number of amides is 1. The molecule has 0 unspecified atom stereocenters. The Bertz CT molecular complexity index is 467. The first kappa shape index (κ1) is 16.2. The Morgan fingerprint density at radius 3 is 2.30 bits per heavy atom. The molecule has 20 heavy (non-hydrogen) atoms. The Morgan fingerprint density at radius 1 is 1.35 bits per heavy atom. The first-order valence-corrected chi connectivity index (χ1v) is 6.09. The molecule has 0 saturated carbocycles. The molecule has 0 aliphatic heterocycles. The van der Waals surface area contributed by atoms with Crippen LogP contribution in [0.15, 0.2) is 36.9 Å². The Morgan fingerprint density at radius 2 is 1.90 bits per heavy atom. The van der Waals surface area contributed by atoms with Crippen molar-refractivity contribution in [2.45, 2.75) is 32.0 Å². The number of carbonyl (C=O) groups is 1. The van der Waals surface area contributed by atoms with E-state index in [0.29, 0.717) is 17.7 Å². The lowest BCUT2D eigenvalue weighted by atomic mass is 10.1. The lowest BCUT2D eigenvalue weighted by molar-refractivity contribution is -0.170. The van der Waals surface area contributed by atoms with Crippen LogP contribution in [0.5, 0.6) is 0 Å². The largest absolute Gasteiger partial charge is 0.471 e. The molecule has 1 amide bonds. The van der Waals surface area contributed by atoms with Crippen LogP contribution in [0.2, 0.25) is 0 Å². The first-order valence-electron chi connectivity index (χ1n) is 6.09. The van der Waals surface area contributed by atoms with E-state index in [0.717, 1.165) is 24.3 Å². The summed E-state index contributed by atoms with van der Waals surface area (Å²) >= 11 is 0. The molecule has 0 radical (unpaired) electrons. The summed E-state index contributed by atoms with van der Waals surface area (Å²) in [7, 11) is 0. The number of hydrogen-bond acceptors (Lipinski definition) is 1. The van der Waals surface area contributed by atoms with Crippen LogP contribution >= 0.6 is 0 Å². The van der Waals surface area contributed by atoms with Gasteiger partial charge in [0.1, 0.15) is 5.82 Å². The smallest absolute Gasteiger partial charge is 0.298 e. The third kappa shape index (κ3) is 3.82. The molecule has 1 aromatic carbocycles. The average molecular weight is 289 g/mol. The van der Waals surface area contributed by atoms with Gasteiger partial charge < -0.3 is 0 Å². The molecule has 0 spiro atoms. The van der Waals surface area contributed by atoms with Gasteiger partial charge in [-0.2, -0.15) is 13.2 Å².